The Hall–Kier alpha value is -8.37. The first-order chi connectivity index (χ1) is 49.2. The van der Waals surface area contributed by atoms with E-state index in [0.717, 1.165) is 26.8 Å². The number of nitrogens with zero attached hydrogens (tertiary/aromatic N) is 5. The number of phosphoric ester groups is 4. The first kappa shape index (κ1) is 77.2. The van der Waals surface area contributed by atoms with Crippen LogP contribution in [0.15, 0.2) is 126 Å². The second-order valence-corrected chi connectivity index (χ2v) is 29.2. The summed E-state index contributed by atoms with van der Waals surface area (Å²) in [6.07, 6.45) is 3.28. The zero-order valence-electron chi connectivity index (χ0n) is 55.1. The van der Waals surface area contributed by atoms with Crippen molar-refractivity contribution in [3.63, 3.8) is 0 Å². The number of rotatable bonds is 2. The Balaban J connectivity index is 0.753. The van der Waals surface area contributed by atoms with Gasteiger partial charge in [0, 0.05) is 73.0 Å². The topological polar surface area (TPSA) is 482 Å². The first-order valence-electron chi connectivity index (χ1n) is 32.3. The minimum absolute atomic E-state index is 0.00664. The number of nitrogens with two attached hydrogens (primary N) is 1. The molecular weight excluding hydrogens is 1430 g/mol. The van der Waals surface area contributed by atoms with Crippen molar-refractivity contribution in [3.8, 4) is 0 Å². The van der Waals surface area contributed by atoms with Crippen molar-refractivity contribution in [2.45, 2.75) is 82.3 Å². The lowest BCUT2D eigenvalue weighted by molar-refractivity contribution is -0.0469. The number of H-pyrrole nitrogens is 1. The number of carbonyl (C=O) groups is 4. The van der Waals surface area contributed by atoms with Gasteiger partial charge in [0.25, 0.3) is 29.2 Å². The van der Waals surface area contributed by atoms with E-state index in [1.165, 1.54) is 30.3 Å². The molecular formula is C64H75N11O24P4. The number of hydrogen-bond donors (Lipinski definition) is 10. The molecule has 9 aliphatic heterocycles. The van der Waals surface area contributed by atoms with Gasteiger partial charge in [-0.3, -0.25) is 74.3 Å². The molecule has 7 aromatic rings. The van der Waals surface area contributed by atoms with Crippen LogP contribution < -0.4 is 38.2 Å². The fourth-order valence-corrected chi connectivity index (χ4v) is 14.1. The Morgan fingerprint density at radius 1 is 0.456 bits per heavy atom. The summed E-state index contributed by atoms with van der Waals surface area (Å²) in [5.74, 6) is -1.69. The highest BCUT2D eigenvalue weighted by Crippen LogP contribution is 2.52. The van der Waals surface area contributed by atoms with Crippen LogP contribution in [0.25, 0.3) is 35.5 Å². The Kier molecular flexibility index (Phi) is 26.6. The second kappa shape index (κ2) is 35.4. The van der Waals surface area contributed by atoms with Gasteiger partial charge in [-0.1, -0.05) is 72.8 Å². The maximum absolute atomic E-state index is 13.4. The van der Waals surface area contributed by atoms with Crippen molar-refractivity contribution in [1.82, 2.24) is 50.3 Å². The molecule has 35 nitrogen and oxygen atoms in total. The summed E-state index contributed by atoms with van der Waals surface area (Å²) in [5, 5.41) is 10.8. The van der Waals surface area contributed by atoms with E-state index in [2.05, 4.69) is 41.2 Å². The van der Waals surface area contributed by atoms with Crippen LogP contribution in [0, 0.1) is 6.92 Å². The number of hydrogen-bond acceptors (Lipinski definition) is 24. The van der Waals surface area contributed by atoms with Crippen LogP contribution >= 0.6 is 31.3 Å². The van der Waals surface area contributed by atoms with Crippen molar-refractivity contribution in [3.05, 3.63) is 187 Å². The Morgan fingerprint density at radius 2 is 0.806 bits per heavy atom. The lowest BCUT2D eigenvalue weighted by Gasteiger charge is -2.22. The number of imidazole rings is 1. The van der Waals surface area contributed by atoms with Gasteiger partial charge in [-0.2, -0.15) is 0 Å². The summed E-state index contributed by atoms with van der Waals surface area (Å²) < 4.78 is 110. The van der Waals surface area contributed by atoms with Gasteiger partial charge in [0.05, 0.1) is 46.0 Å². The average molecular weight is 1510 g/mol. The number of ether oxygens (including phenoxy) is 2. The SMILES string of the molecule is Cc1cn([C@H]2C[C@@H]3OP(=O)(O)OCCCNC(=O)c4ccc(cc4)C=Cc4ccc(cc4)C(=O)NCCCOP(=O)(O)OC[C@H]4O[C@@H](n5cnc6c(N)ncnc65)C[C@@H]4OP(=O)(O)OCCCNC(=O)c4ccc(cc4)C=Cc4ccc(cc4)C(=O)NCCCOP(=O)(O)OC[C@H]3O2)c(=O)[nH]c1=O. The molecule has 8 bridgehead atoms. The van der Waals surface area contributed by atoms with Gasteiger partial charge in [0.1, 0.15) is 48.7 Å². The largest absolute Gasteiger partial charge is 0.472 e. The second-order valence-electron chi connectivity index (χ2n) is 23.5. The van der Waals surface area contributed by atoms with Crippen LogP contribution in [-0.4, -0.2) is 163 Å². The van der Waals surface area contributed by atoms with Gasteiger partial charge in [-0.15, -0.1) is 0 Å². The molecule has 10 atom stereocenters. The highest BCUT2D eigenvalue weighted by Gasteiger charge is 2.45. The van der Waals surface area contributed by atoms with Gasteiger partial charge < -0.3 is 56.0 Å². The van der Waals surface area contributed by atoms with E-state index in [9.17, 15) is 66.6 Å². The number of nitrogen functional groups attached to an aromatic ring is 1. The highest BCUT2D eigenvalue weighted by molar-refractivity contribution is 7.48. The standard InChI is InChI=1S/C64H75N11O24P4/c1-41-36-74(64(81)73-59(41)76)54-34-50-52(96-54)37-94-100(82,83)90-30-2-26-66-60(77)46-18-10-42(11-19-46)7-9-45-16-24-49(25-17-45)63(80)69-29-5-33-93-103(88,89)99-51-35-55(75-40-72-56-57(65)70-39-71-58(56)75)97-53(51)38-95-101(84,85)91-31-3-27-67-61(78)47-20-12-43(13-21-47)6-8-44-14-22-48(23-15-44)62(79)68-28-4-32-92-102(86,87)98-50/h6-25,36,39-40,50-55H,2-5,26-35,37-38H2,1H3,(H,66,77)(H,67,78)(H,68,79)(H,69,80)(H,82,83)(H,84,85)(H,86,87)(H,88,89)(H2,65,70,71)(H,73,76,81)/t50-,51-,52+,53+,54+,55+/m0/s1. The number of aromatic amines is 1. The number of amides is 4. The zero-order chi connectivity index (χ0) is 73.3. The summed E-state index contributed by atoms with van der Waals surface area (Å²) in [6, 6.07) is 26.4. The molecule has 39 heteroatoms. The number of anilines is 1. The monoisotopic (exact) mass is 1510 g/mol. The molecule has 2 fully saturated rings. The molecule has 4 amide bonds. The van der Waals surface area contributed by atoms with Gasteiger partial charge in [-0.05, 0) is 103 Å². The average Bonchev–Trinajstić information content (AvgIpc) is 1.64. The maximum Gasteiger partial charge on any atom is 0.472 e. The number of benzene rings is 4. The first-order valence-corrected chi connectivity index (χ1v) is 38.2. The molecule has 0 saturated carbocycles. The molecule has 3 aromatic heterocycles. The molecule has 4 aromatic carbocycles. The van der Waals surface area contributed by atoms with E-state index in [0.29, 0.717) is 22.3 Å². The van der Waals surface area contributed by atoms with Crippen molar-refractivity contribution in [1.29, 1.82) is 0 Å². The van der Waals surface area contributed by atoms with E-state index in [4.69, 9.17) is 51.4 Å². The molecule has 0 spiro atoms. The molecule has 2 saturated heterocycles. The van der Waals surface area contributed by atoms with Crippen LogP contribution in [0.3, 0.4) is 0 Å². The predicted octanol–water partition coefficient (Wildman–Crippen LogP) is 6.35. The van der Waals surface area contributed by atoms with E-state index in [1.54, 1.807) is 121 Å². The molecule has 0 radical (unpaired) electrons. The van der Waals surface area contributed by atoms with Gasteiger partial charge in [-0.25, -0.2) is 38.0 Å². The quantitative estimate of drug-likeness (QED) is 0.0843. The number of aryl methyl sites for hydroxylation is 1. The Labute approximate surface area is 587 Å². The molecule has 4 unspecified atom stereocenters. The van der Waals surface area contributed by atoms with Gasteiger partial charge >= 0.3 is 37.0 Å². The molecule has 9 aliphatic rings. The van der Waals surface area contributed by atoms with Gasteiger partial charge in [0.2, 0.25) is 0 Å². The summed E-state index contributed by atoms with van der Waals surface area (Å²) in [5.41, 5.74) is 9.30. The van der Waals surface area contributed by atoms with Crippen molar-refractivity contribution >= 4 is 96.2 Å². The smallest absolute Gasteiger partial charge is 0.382 e. The number of nitrogens with one attached hydrogen (secondary N) is 5. The normalized spacial score (nSPS) is 27.4. The van der Waals surface area contributed by atoms with Crippen molar-refractivity contribution in [2.24, 2.45) is 0 Å². The van der Waals surface area contributed by atoms with Crippen molar-refractivity contribution < 1.29 is 103 Å². The highest BCUT2D eigenvalue weighted by atomic mass is 31.2. The molecule has 550 valence electrons. The Morgan fingerprint density at radius 3 is 1.17 bits per heavy atom. The van der Waals surface area contributed by atoms with Crippen LogP contribution in [0.5, 0.6) is 0 Å². The third-order valence-corrected chi connectivity index (χ3v) is 20.0. The fourth-order valence-electron chi connectivity index (χ4n) is 10.5. The minimum Gasteiger partial charge on any atom is -0.382 e. The fraction of sp³-hybridized carbons (Fsp3) is 0.359. The summed E-state index contributed by atoms with van der Waals surface area (Å²) in [6.45, 7) is -1.32. The van der Waals surface area contributed by atoms with Crippen LogP contribution in [0.4, 0.5) is 5.82 Å². The van der Waals surface area contributed by atoms with E-state index < -0.39 is 116 Å². The number of phosphoric acid groups is 4. The van der Waals surface area contributed by atoms with Crippen molar-refractivity contribution in [2.75, 3.05) is 71.6 Å². The van der Waals surface area contributed by atoms with Crippen LogP contribution in [0.2, 0.25) is 0 Å². The van der Waals surface area contributed by atoms with Crippen LogP contribution in [0.1, 0.15) is 120 Å². The summed E-state index contributed by atoms with van der Waals surface area (Å²) >= 11 is 0. The third-order valence-electron chi connectivity index (χ3n) is 15.9. The minimum atomic E-state index is -4.93. The maximum atomic E-state index is 13.4. The number of fused-ring (bicyclic) bond motifs is 1. The number of carbonyl (C=O) groups excluding carboxylic acids is 4. The summed E-state index contributed by atoms with van der Waals surface area (Å²) in [4.78, 5) is 135. The molecule has 11 N–H and O–H groups in total. The summed E-state index contributed by atoms with van der Waals surface area (Å²) in [7, 11) is -19.5. The van der Waals surface area contributed by atoms with E-state index >= 15 is 0 Å². The number of aromatic nitrogens is 6. The van der Waals surface area contributed by atoms with E-state index in [-0.39, 0.29) is 114 Å². The zero-order valence-corrected chi connectivity index (χ0v) is 58.7. The molecule has 12 heterocycles. The third kappa shape index (κ3) is 22.6. The van der Waals surface area contributed by atoms with Gasteiger partial charge in [0.15, 0.2) is 11.5 Å². The molecule has 0 aliphatic carbocycles. The van der Waals surface area contributed by atoms with E-state index in [1.807, 2.05) is 0 Å². The lowest BCUT2D eigenvalue weighted by atomic mass is 10.1. The lowest BCUT2D eigenvalue weighted by Crippen LogP contribution is -2.33. The Bertz CT molecular complexity index is 4520. The molecule has 103 heavy (non-hydrogen) atoms. The predicted molar refractivity (Wildman–Crippen MR) is 369 cm³/mol. The van der Waals surface area contributed by atoms with Crippen LogP contribution in [-0.2, 0) is 63.9 Å². The molecule has 16 rings (SSSR count).